The minimum absolute atomic E-state index is 0.103. The second kappa shape index (κ2) is 16.7. The third kappa shape index (κ3) is 8.32. The fourth-order valence-electron chi connectivity index (χ4n) is 12.6. The maximum absolute atomic E-state index is 9.37. The van der Waals surface area contributed by atoms with Gasteiger partial charge in [0.25, 0.3) is 0 Å². The van der Waals surface area contributed by atoms with Gasteiger partial charge in [-0.2, -0.15) is 5.10 Å². The van der Waals surface area contributed by atoms with Crippen LogP contribution in [0.15, 0.2) is 48.8 Å². The van der Waals surface area contributed by atoms with Crippen molar-refractivity contribution in [2.24, 2.45) is 16.2 Å². The Morgan fingerprint density at radius 3 is 2.35 bits per heavy atom. The van der Waals surface area contributed by atoms with E-state index in [1.54, 1.807) is 11.3 Å². The number of pyridine rings is 1. The van der Waals surface area contributed by atoms with E-state index in [1.807, 2.05) is 30.6 Å². The van der Waals surface area contributed by atoms with E-state index in [1.165, 1.54) is 30.5 Å². The van der Waals surface area contributed by atoms with Crippen molar-refractivity contribution in [3.8, 4) is 11.1 Å². The second-order valence-electron chi connectivity index (χ2n) is 19.5. The lowest BCUT2D eigenvalue weighted by Gasteiger charge is -2.69. The third-order valence-electron chi connectivity index (χ3n) is 14.1. The van der Waals surface area contributed by atoms with Gasteiger partial charge in [-0.05, 0) is 144 Å². The molecule has 4 saturated carbocycles. The molecular weight excluding hydrogens is 771 g/mol. The molecule has 0 saturated heterocycles. The average Bonchev–Trinajstić information content (AvgIpc) is 3.79. The zero-order valence-corrected chi connectivity index (χ0v) is 36.9. The highest BCUT2D eigenvalue weighted by molar-refractivity contribution is 7.22. The summed E-state index contributed by atoms with van der Waals surface area (Å²) in [6, 6.07) is 12.5. The number of anilines is 4. The number of fused-ring (bicyclic) bond motifs is 2. The van der Waals surface area contributed by atoms with E-state index in [2.05, 4.69) is 70.8 Å². The number of hydrogen-bond acceptors (Lipinski definition) is 12. The minimum Gasteiger partial charge on any atom is -0.396 e. The molecule has 4 aliphatic carbocycles. The Morgan fingerprint density at radius 2 is 1.63 bits per heavy atom. The number of hydrogen-bond donors (Lipinski definition) is 3. The number of aromatic nitrogens is 6. The number of nitrogens with zero attached hydrogens (tertiary/aromatic N) is 8. The van der Waals surface area contributed by atoms with Gasteiger partial charge in [0.15, 0.2) is 16.8 Å². The number of aliphatic hydroxyl groups excluding tert-OH is 2. The van der Waals surface area contributed by atoms with Gasteiger partial charge in [0.2, 0.25) is 0 Å². The van der Waals surface area contributed by atoms with Gasteiger partial charge in [0.1, 0.15) is 5.82 Å². The largest absolute Gasteiger partial charge is 0.396 e. The van der Waals surface area contributed by atoms with E-state index < -0.39 is 0 Å². The van der Waals surface area contributed by atoms with E-state index in [9.17, 15) is 10.2 Å². The summed E-state index contributed by atoms with van der Waals surface area (Å²) in [6.07, 6.45) is 16.7. The van der Waals surface area contributed by atoms with Crippen LogP contribution in [0.3, 0.4) is 0 Å². The lowest BCUT2D eigenvalue weighted by molar-refractivity contribution is -0.248. The topological polar surface area (TPSA) is 138 Å². The fourth-order valence-corrected chi connectivity index (χ4v) is 13.5. The Morgan fingerprint density at radius 1 is 0.867 bits per heavy atom. The van der Waals surface area contributed by atoms with Crippen LogP contribution in [0.2, 0.25) is 0 Å². The Balaban J connectivity index is 0.885. The SMILES string of the molecule is Cc1c(Nc2nc3ccccc3s2)nnc2c1CCCN2c1ccc(-c2cnn(CC34CC5(C)CC(C)(C3)CC(OCCN(CCCCO)CCCCO)(C5)C4)c2C)cn1. The number of benzene rings is 1. The van der Waals surface area contributed by atoms with E-state index in [0.29, 0.717) is 0 Å². The van der Waals surface area contributed by atoms with Crippen molar-refractivity contribution in [1.29, 1.82) is 0 Å². The number of aliphatic hydroxyl groups is 2. The monoisotopic (exact) mass is 833 g/mol. The molecular formula is C47H63N9O3S. The molecule has 13 heteroatoms. The van der Waals surface area contributed by atoms with Gasteiger partial charge < -0.3 is 30.1 Å². The normalized spacial score (nSPS) is 25.8. The molecule has 4 fully saturated rings. The van der Waals surface area contributed by atoms with Gasteiger partial charge >= 0.3 is 0 Å². The summed E-state index contributed by atoms with van der Waals surface area (Å²) in [5.74, 6) is 2.51. The number of thiazole rings is 1. The molecule has 0 radical (unpaired) electrons. The number of rotatable bonds is 18. The highest BCUT2D eigenvalue weighted by atomic mass is 32.1. The van der Waals surface area contributed by atoms with Crippen LogP contribution >= 0.6 is 11.3 Å². The van der Waals surface area contributed by atoms with E-state index in [0.717, 1.165) is 147 Å². The van der Waals surface area contributed by atoms with Gasteiger partial charge in [0.05, 0.1) is 28.6 Å². The molecule has 5 heterocycles. The first kappa shape index (κ1) is 41.3. The van der Waals surface area contributed by atoms with Gasteiger partial charge in [-0.3, -0.25) is 4.68 Å². The predicted octanol–water partition coefficient (Wildman–Crippen LogP) is 8.77. The number of nitrogens with one attached hydrogen (secondary N) is 1. The molecule has 60 heavy (non-hydrogen) atoms. The van der Waals surface area contributed by atoms with Crippen molar-refractivity contribution in [3.05, 3.63) is 65.6 Å². The zero-order valence-electron chi connectivity index (χ0n) is 36.0. The van der Waals surface area contributed by atoms with Crippen molar-refractivity contribution >= 4 is 44.1 Å². The van der Waals surface area contributed by atoms with Gasteiger partial charge in [-0.25, -0.2) is 9.97 Å². The molecule has 2 unspecified atom stereocenters. The lowest BCUT2D eigenvalue weighted by Crippen LogP contribution is -2.64. The molecule has 4 bridgehead atoms. The van der Waals surface area contributed by atoms with Crippen LogP contribution in [0, 0.1) is 30.1 Å². The maximum Gasteiger partial charge on any atom is 0.189 e. The maximum atomic E-state index is 9.37. The molecule has 12 nitrogen and oxygen atoms in total. The Bertz CT molecular complexity index is 2230. The van der Waals surface area contributed by atoms with Crippen LogP contribution in [0.25, 0.3) is 21.3 Å². The second-order valence-corrected chi connectivity index (χ2v) is 20.5. The number of ether oxygens (including phenoxy) is 1. The highest BCUT2D eigenvalue weighted by Crippen LogP contribution is 2.72. The Hall–Kier alpha value is -4.01. The van der Waals surface area contributed by atoms with Crippen molar-refractivity contribution < 1.29 is 14.9 Å². The van der Waals surface area contributed by atoms with Crippen molar-refractivity contribution in [2.45, 2.75) is 117 Å². The van der Waals surface area contributed by atoms with Gasteiger partial charge in [-0.1, -0.05) is 37.3 Å². The van der Waals surface area contributed by atoms with Crippen LogP contribution in [-0.2, 0) is 17.7 Å². The molecule has 0 amide bonds. The summed E-state index contributed by atoms with van der Waals surface area (Å²) in [4.78, 5) is 14.4. The van der Waals surface area contributed by atoms with E-state index >= 15 is 0 Å². The smallest absolute Gasteiger partial charge is 0.189 e. The summed E-state index contributed by atoms with van der Waals surface area (Å²) in [7, 11) is 0. The summed E-state index contributed by atoms with van der Waals surface area (Å²) in [5, 5.41) is 37.5. The fraction of sp³-hybridized carbons (Fsp3) is 0.596. The zero-order chi connectivity index (χ0) is 41.5. The third-order valence-corrected chi connectivity index (χ3v) is 15.0. The predicted molar refractivity (Wildman–Crippen MR) is 239 cm³/mol. The Kier molecular flexibility index (Phi) is 11.5. The summed E-state index contributed by atoms with van der Waals surface area (Å²) in [6.45, 7) is 15.2. The summed E-state index contributed by atoms with van der Waals surface area (Å²) >= 11 is 1.63. The molecule has 3 N–H and O–H groups in total. The van der Waals surface area contributed by atoms with Gasteiger partial charge in [0, 0.05) is 67.0 Å². The molecule has 1 aliphatic heterocycles. The molecule has 1 aromatic carbocycles. The van der Waals surface area contributed by atoms with Crippen LogP contribution in [0.1, 0.15) is 101 Å². The van der Waals surface area contributed by atoms with Crippen LogP contribution in [-0.4, -0.2) is 96.7 Å². The van der Waals surface area contributed by atoms with Crippen molar-refractivity contribution in [1.82, 2.24) is 34.8 Å². The molecule has 0 spiro atoms. The standard InChI is InChI=1S/C47H63N9O3S/c1-33-36-12-11-19-55(42(36)53-52-41(33)51-43-50-38-13-5-6-14-39(38)60-43)40-16-15-35(24-48-40)37-25-49-56(34(37)2)32-46-27-44(3)26-45(4,28-46)30-47(29-44,31-46)59-23-20-54(17-7-9-21-57)18-8-10-22-58/h5-6,13-16,24-25,57-58H,7-12,17-23,26-32H2,1-4H3,(H,50,51,52). The van der Waals surface area contributed by atoms with E-state index in [4.69, 9.17) is 24.9 Å². The molecule has 4 aromatic heterocycles. The minimum atomic E-state index is -0.103. The number of unbranched alkanes of at least 4 members (excludes halogenated alkanes) is 2. The molecule has 2 atom stereocenters. The highest BCUT2D eigenvalue weighted by Gasteiger charge is 2.66. The molecule has 320 valence electrons. The van der Waals surface area contributed by atoms with Gasteiger partial charge in [-0.15, -0.1) is 10.2 Å². The average molecular weight is 834 g/mol. The summed E-state index contributed by atoms with van der Waals surface area (Å²) in [5.41, 5.74) is 7.24. The first-order valence-electron chi connectivity index (χ1n) is 22.3. The van der Waals surface area contributed by atoms with Crippen LogP contribution in [0.5, 0.6) is 0 Å². The molecule has 5 aliphatic rings. The first-order valence-corrected chi connectivity index (χ1v) is 23.2. The first-order chi connectivity index (χ1) is 29.0. The van der Waals surface area contributed by atoms with Crippen LogP contribution < -0.4 is 10.2 Å². The lowest BCUT2D eigenvalue weighted by atomic mass is 9.39. The van der Waals surface area contributed by atoms with E-state index in [-0.39, 0.29) is 35.1 Å². The van der Waals surface area contributed by atoms with Crippen molar-refractivity contribution in [3.63, 3.8) is 0 Å². The summed E-state index contributed by atoms with van der Waals surface area (Å²) < 4.78 is 10.5. The number of para-hydroxylation sites is 1. The van der Waals surface area contributed by atoms with Crippen molar-refractivity contribution in [2.75, 3.05) is 56.2 Å². The molecule has 10 rings (SSSR count). The Labute approximate surface area is 358 Å². The quantitative estimate of drug-likeness (QED) is 0.0731. The molecule has 5 aromatic rings. The van der Waals surface area contributed by atoms with Crippen LogP contribution in [0.4, 0.5) is 22.6 Å².